The van der Waals surface area contributed by atoms with E-state index in [4.69, 9.17) is 17.3 Å². The van der Waals surface area contributed by atoms with Crippen LogP contribution in [0.25, 0.3) is 5.69 Å². The van der Waals surface area contributed by atoms with Crippen LogP contribution in [0.2, 0.25) is 5.02 Å². The van der Waals surface area contributed by atoms with Crippen LogP contribution in [-0.2, 0) is 0 Å². The number of carbonyl (C=O) groups is 1. The predicted octanol–water partition coefficient (Wildman–Crippen LogP) is 3.60. The van der Waals surface area contributed by atoms with Gasteiger partial charge in [0.1, 0.15) is 0 Å². The highest BCUT2D eigenvalue weighted by Crippen LogP contribution is 2.25. The van der Waals surface area contributed by atoms with Crippen LogP contribution < -0.4 is 5.73 Å². The number of carbonyl (C=O) groups excluding carboxylic acids is 1. The highest BCUT2D eigenvalue weighted by molar-refractivity contribution is 6.32. The molecule has 2 aromatic rings. The van der Waals surface area contributed by atoms with E-state index in [0.717, 1.165) is 37.2 Å². The molecule has 5 nitrogen and oxygen atoms in total. The first-order chi connectivity index (χ1) is 11.5. The molecule has 0 saturated carbocycles. The van der Waals surface area contributed by atoms with E-state index in [1.54, 1.807) is 10.9 Å². The van der Waals surface area contributed by atoms with Crippen LogP contribution in [0.5, 0.6) is 0 Å². The van der Waals surface area contributed by atoms with Crippen molar-refractivity contribution in [2.75, 3.05) is 6.54 Å². The summed E-state index contributed by atoms with van der Waals surface area (Å²) in [6.07, 6.45) is 4.73. The maximum atomic E-state index is 13.0. The molecule has 136 valence electrons. The van der Waals surface area contributed by atoms with Gasteiger partial charge in [-0.15, -0.1) is 12.4 Å². The fourth-order valence-corrected chi connectivity index (χ4v) is 3.61. The summed E-state index contributed by atoms with van der Waals surface area (Å²) in [6.45, 7) is 4.62. The second kappa shape index (κ2) is 8.21. The molecule has 1 aromatic heterocycles. The number of rotatable bonds is 3. The number of nitrogens with zero attached hydrogens (tertiary/aromatic N) is 3. The smallest absolute Gasteiger partial charge is 0.257 e. The number of para-hydroxylation sites is 1. The number of aromatic nitrogens is 2. The Labute approximate surface area is 159 Å². The van der Waals surface area contributed by atoms with E-state index >= 15 is 0 Å². The van der Waals surface area contributed by atoms with Gasteiger partial charge in [-0.05, 0) is 45.2 Å². The molecule has 1 aliphatic heterocycles. The summed E-state index contributed by atoms with van der Waals surface area (Å²) < 4.78 is 1.72. The minimum Gasteiger partial charge on any atom is -0.334 e. The second-order valence-electron chi connectivity index (χ2n) is 6.43. The summed E-state index contributed by atoms with van der Waals surface area (Å²) in [5, 5.41) is 4.99. The molecule has 2 unspecified atom stereocenters. The first-order valence-corrected chi connectivity index (χ1v) is 8.74. The number of nitrogens with two attached hydrogens (primary N) is 1. The highest BCUT2D eigenvalue weighted by atomic mass is 35.5. The molecule has 2 heterocycles. The lowest BCUT2D eigenvalue weighted by atomic mass is 9.96. The van der Waals surface area contributed by atoms with Gasteiger partial charge in [0.05, 0.1) is 28.2 Å². The molecule has 2 N–H and O–H groups in total. The van der Waals surface area contributed by atoms with Gasteiger partial charge in [-0.1, -0.05) is 23.7 Å². The molecule has 1 amide bonds. The Morgan fingerprint density at radius 2 is 2.08 bits per heavy atom. The molecule has 1 aliphatic rings. The van der Waals surface area contributed by atoms with Gasteiger partial charge < -0.3 is 10.6 Å². The van der Waals surface area contributed by atoms with E-state index in [1.165, 1.54) is 0 Å². The van der Waals surface area contributed by atoms with Gasteiger partial charge >= 0.3 is 0 Å². The van der Waals surface area contributed by atoms with Gasteiger partial charge in [0.2, 0.25) is 0 Å². The van der Waals surface area contributed by atoms with Crippen molar-refractivity contribution >= 4 is 29.9 Å². The molecular formula is C18H24Cl2N4O. The second-order valence-corrected chi connectivity index (χ2v) is 6.83. The van der Waals surface area contributed by atoms with E-state index in [2.05, 4.69) is 5.10 Å². The lowest BCUT2D eigenvalue weighted by molar-refractivity contribution is 0.0583. The van der Waals surface area contributed by atoms with Gasteiger partial charge in [0, 0.05) is 18.6 Å². The quantitative estimate of drug-likeness (QED) is 0.881. The Hall–Kier alpha value is -1.56. The molecule has 3 rings (SSSR count). The summed E-state index contributed by atoms with van der Waals surface area (Å²) >= 11 is 6.26. The first-order valence-electron chi connectivity index (χ1n) is 8.36. The molecule has 1 fully saturated rings. The van der Waals surface area contributed by atoms with Crippen molar-refractivity contribution in [3.05, 3.63) is 46.7 Å². The topological polar surface area (TPSA) is 64.2 Å². The van der Waals surface area contributed by atoms with Crippen LogP contribution in [0.3, 0.4) is 0 Å². The molecule has 0 aliphatic carbocycles. The van der Waals surface area contributed by atoms with Crippen molar-refractivity contribution in [1.82, 2.24) is 14.7 Å². The summed E-state index contributed by atoms with van der Waals surface area (Å²) in [5.41, 5.74) is 8.28. The van der Waals surface area contributed by atoms with Crippen LogP contribution in [0, 0.1) is 6.92 Å². The predicted molar refractivity (Wildman–Crippen MR) is 103 cm³/mol. The van der Waals surface area contributed by atoms with Gasteiger partial charge in [-0.3, -0.25) is 4.79 Å². The third-order valence-electron chi connectivity index (χ3n) is 4.74. The van der Waals surface area contributed by atoms with Gasteiger partial charge in [0.25, 0.3) is 5.91 Å². The lowest BCUT2D eigenvalue weighted by Gasteiger charge is -2.38. The van der Waals surface area contributed by atoms with E-state index in [9.17, 15) is 4.79 Å². The van der Waals surface area contributed by atoms with Crippen molar-refractivity contribution in [3.63, 3.8) is 0 Å². The zero-order chi connectivity index (χ0) is 17.3. The molecule has 0 bridgehead atoms. The lowest BCUT2D eigenvalue weighted by Crippen LogP contribution is -2.51. The molecule has 0 radical (unpaired) electrons. The van der Waals surface area contributed by atoms with E-state index in [1.807, 2.05) is 43.0 Å². The van der Waals surface area contributed by atoms with Gasteiger partial charge in [-0.2, -0.15) is 5.10 Å². The van der Waals surface area contributed by atoms with Gasteiger partial charge in [0.15, 0.2) is 0 Å². The summed E-state index contributed by atoms with van der Waals surface area (Å²) in [7, 11) is 0. The van der Waals surface area contributed by atoms with Crippen LogP contribution in [-0.4, -0.2) is 39.2 Å². The van der Waals surface area contributed by atoms with Crippen molar-refractivity contribution in [2.45, 2.75) is 45.2 Å². The number of amides is 1. The third-order valence-corrected chi connectivity index (χ3v) is 5.06. The molecule has 1 aromatic carbocycles. The average molecular weight is 383 g/mol. The van der Waals surface area contributed by atoms with Crippen LogP contribution >= 0.6 is 24.0 Å². The van der Waals surface area contributed by atoms with Crippen molar-refractivity contribution in [2.24, 2.45) is 5.73 Å². The Morgan fingerprint density at radius 3 is 2.76 bits per heavy atom. The van der Waals surface area contributed by atoms with Crippen LogP contribution in [0.4, 0.5) is 0 Å². The normalized spacial score (nSPS) is 18.6. The number of halogens is 2. The number of piperidine rings is 1. The maximum Gasteiger partial charge on any atom is 0.257 e. The maximum absolute atomic E-state index is 13.0. The molecule has 1 saturated heterocycles. The Bertz CT molecular complexity index is 744. The monoisotopic (exact) mass is 382 g/mol. The molecule has 0 spiro atoms. The van der Waals surface area contributed by atoms with E-state index in [-0.39, 0.29) is 30.4 Å². The minimum absolute atomic E-state index is 0. The Kier molecular flexibility index (Phi) is 6.49. The zero-order valence-electron chi connectivity index (χ0n) is 14.5. The molecule has 7 heteroatoms. The van der Waals surface area contributed by atoms with E-state index in [0.29, 0.717) is 10.6 Å². The first kappa shape index (κ1) is 19.8. The fraction of sp³-hybridized carbons (Fsp3) is 0.444. The zero-order valence-corrected chi connectivity index (χ0v) is 16.1. The standard InChI is InChI=1S/C18H23ClN4O.ClH/c1-12(20)16-8-5-6-10-22(16)18(24)14-11-21-23(13(14)2)17-9-4-3-7-15(17)19;/h3-4,7,9,11-12,16H,5-6,8,10,20H2,1-2H3;1H. The Morgan fingerprint density at radius 1 is 1.36 bits per heavy atom. The van der Waals surface area contributed by atoms with Crippen LogP contribution in [0.15, 0.2) is 30.5 Å². The summed E-state index contributed by atoms with van der Waals surface area (Å²) in [5.74, 6) is 0.00723. The van der Waals surface area contributed by atoms with Gasteiger partial charge in [-0.25, -0.2) is 4.68 Å². The summed E-state index contributed by atoms with van der Waals surface area (Å²) in [4.78, 5) is 15.0. The highest BCUT2D eigenvalue weighted by Gasteiger charge is 2.31. The average Bonchev–Trinajstić information content (AvgIpc) is 2.96. The summed E-state index contributed by atoms with van der Waals surface area (Å²) in [6, 6.07) is 7.54. The van der Waals surface area contributed by atoms with Crippen molar-refractivity contribution in [3.8, 4) is 5.69 Å². The Balaban J connectivity index is 0.00000225. The molecular weight excluding hydrogens is 359 g/mol. The van der Waals surface area contributed by atoms with Crippen molar-refractivity contribution < 1.29 is 4.79 Å². The van der Waals surface area contributed by atoms with Crippen LogP contribution in [0.1, 0.15) is 42.2 Å². The molecule has 2 atom stereocenters. The largest absolute Gasteiger partial charge is 0.334 e. The fourth-order valence-electron chi connectivity index (χ4n) is 3.40. The van der Waals surface area contributed by atoms with E-state index < -0.39 is 0 Å². The number of hydrogen-bond acceptors (Lipinski definition) is 3. The third kappa shape index (κ3) is 3.84. The SMILES string of the molecule is Cc1c(C(=O)N2CCCCC2C(C)N)cnn1-c1ccccc1Cl.Cl. The minimum atomic E-state index is -0.0341. The number of benzene rings is 1. The number of hydrogen-bond donors (Lipinski definition) is 1. The number of likely N-dealkylation sites (tertiary alicyclic amines) is 1. The molecule has 25 heavy (non-hydrogen) atoms. The van der Waals surface area contributed by atoms with Crippen molar-refractivity contribution in [1.29, 1.82) is 0 Å².